The second kappa shape index (κ2) is 4.37. The van der Waals surface area contributed by atoms with Crippen LogP contribution in [0.5, 0.6) is 5.75 Å². The average molecular weight is 255 g/mol. The fourth-order valence-electron chi connectivity index (χ4n) is 1.60. The van der Waals surface area contributed by atoms with Gasteiger partial charge in [0.2, 0.25) is 5.82 Å². The van der Waals surface area contributed by atoms with Gasteiger partial charge in [0, 0.05) is 24.1 Å². The molecule has 0 unspecified atom stereocenters. The molecule has 7 nitrogen and oxygen atoms in total. The van der Waals surface area contributed by atoms with Gasteiger partial charge in [-0.3, -0.25) is 4.79 Å². The second-order valence-corrected chi connectivity index (χ2v) is 3.80. The number of hydrogen-bond acceptors (Lipinski definition) is 5. The third-order valence-corrected chi connectivity index (χ3v) is 2.42. The number of nitrogens with one attached hydrogen (secondary N) is 1. The Kier molecular flexibility index (Phi) is 2.57. The van der Waals surface area contributed by atoms with Crippen LogP contribution in [0.4, 0.5) is 5.69 Å². The number of rotatable bonds is 2. The number of aromatic nitrogens is 4. The number of phenols is 1. The van der Waals surface area contributed by atoms with Gasteiger partial charge in [-0.25, -0.2) is 9.50 Å². The Morgan fingerprint density at radius 1 is 1.32 bits per heavy atom. The first-order chi connectivity index (χ1) is 9.22. The molecule has 19 heavy (non-hydrogen) atoms. The van der Waals surface area contributed by atoms with E-state index in [2.05, 4.69) is 20.4 Å². The Bertz CT molecular complexity index is 719. The van der Waals surface area contributed by atoms with E-state index in [-0.39, 0.29) is 11.6 Å². The molecule has 7 heteroatoms. The Hall–Kier alpha value is -2.96. The highest BCUT2D eigenvalue weighted by Crippen LogP contribution is 2.15. The van der Waals surface area contributed by atoms with Crippen LogP contribution in [-0.4, -0.2) is 30.6 Å². The van der Waals surface area contributed by atoms with Crippen molar-refractivity contribution in [1.82, 2.24) is 19.6 Å². The molecule has 0 bridgehead atoms. The molecular weight excluding hydrogens is 246 g/mol. The molecule has 0 aliphatic heterocycles. The zero-order valence-electron chi connectivity index (χ0n) is 9.69. The first-order valence-electron chi connectivity index (χ1n) is 5.50. The van der Waals surface area contributed by atoms with E-state index in [1.165, 1.54) is 16.6 Å². The van der Waals surface area contributed by atoms with Gasteiger partial charge in [-0.15, -0.1) is 5.10 Å². The summed E-state index contributed by atoms with van der Waals surface area (Å²) >= 11 is 0. The first-order valence-corrected chi connectivity index (χ1v) is 5.50. The summed E-state index contributed by atoms with van der Waals surface area (Å²) in [5.74, 6) is -0.0240. The third kappa shape index (κ3) is 2.21. The highest BCUT2D eigenvalue weighted by atomic mass is 16.3. The number of fused-ring (bicyclic) bond motifs is 1. The minimum atomic E-state index is -0.462. The number of carbonyl (C=O) groups is 1. The molecule has 3 aromatic rings. The fourth-order valence-corrected chi connectivity index (χ4v) is 1.60. The monoisotopic (exact) mass is 255 g/mol. The van der Waals surface area contributed by atoms with Crippen LogP contribution in [0.15, 0.2) is 42.7 Å². The van der Waals surface area contributed by atoms with E-state index in [1.54, 1.807) is 30.6 Å². The van der Waals surface area contributed by atoms with Crippen LogP contribution in [-0.2, 0) is 0 Å². The van der Waals surface area contributed by atoms with Crippen molar-refractivity contribution < 1.29 is 9.90 Å². The fraction of sp³-hybridized carbons (Fsp3) is 0. The van der Waals surface area contributed by atoms with E-state index < -0.39 is 5.91 Å². The predicted molar refractivity (Wildman–Crippen MR) is 66.8 cm³/mol. The van der Waals surface area contributed by atoms with Gasteiger partial charge in [0.15, 0.2) is 0 Å². The summed E-state index contributed by atoms with van der Waals surface area (Å²) in [6, 6.07) is 7.93. The molecule has 0 atom stereocenters. The zero-order valence-corrected chi connectivity index (χ0v) is 9.69. The van der Waals surface area contributed by atoms with E-state index in [4.69, 9.17) is 0 Å². The summed E-state index contributed by atoms with van der Waals surface area (Å²) in [7, 11) is 0. The lowest BCUT2D eigenvalue weighted by atomic mass is 10.3. The van der Waals surface area contributed by atoms with Crippen LogP contribution in [0.1, 0.15) is 10.6 Å². The summed E-state index contributed by atoms with van der Waals surface area (Å²) in [4.78, 5) is 19.9. The number of nitrogens with zero attached hydrogens (tertiary/aromatic N) is 4. The Balaban J connectivity index is 1.87. The van der Waals surface area contributed by atoms with Crippen molar-refractivity contribution in [1.29, 1.82) is 0 Å². The Labute approximate surface area is 107 Å². The molecule has 0 radical (unpaired) electrons. The van der Waals surface area contributed by atoms with Gasteiger partial charge in [-0.2, -0.15) is 4.98 Å². The highest BCUT2D eigenvalue weighted by Gasteiger charge is 2.13. The van der Waals surface area contributed by atoms with Crippen LogP contribution >= 0.6 is 0 Å². The van der Waals surface area contributed by atoms with Crippen LogP contribution in [0.3, 0.4) is 0 Å². The lowest BCUT2D eigenvalue weighted by Crippen LogP contribution is -2.13. The summed E-state index contributed by atoms with van der Waals surface area (Å²) < 4.78 is 1.41. The van der Waals surface area contributed by atoms with E-state index in [1.807, 2.05) is 0 Å². The van der Waals surface area contributed by atoms with Gasteiger partial charge in [-0.1, -0.05) is 6.07 Å². The van der Waals surface area contributed by atoms with E-state index >= 15 is 0 Å². The first kappa shape index (κ1) is 11.1. The summed E-state index contributed by atoms with van der Waals surface area (Å²) in [5, 5.41) is 15.9. The van der Waals surface area contributed by atoms with Crippen molar-refractivity contribution in [2.24, 2.45) is 0 Å². The van der Waals surface area contributed by atoms with Crippen molar-refractivity contribution in [3.05, 3.63) is 48.5 Å². The molecule has 2 aromatic heterocycles. The maximum atomic E-state index is 11.9. The molecule has 0 aliphatic rings. The molecule has 2 heterocycles. The smallest absolute Gasteiger partial charge is 0.295 e. The van der Waals surface area contributed by atoms with Crippen molar-refractivity contribution >= 4 is 17.4 Å². The van der Waals surface area contributed by atoms with Crippen LogP contribution in [0.2, 0.25) is 0 Å². The van der Waals surface area contributed by atoms with Crippen molar-refractivity contribution in [2.45, 2.75) is 0 Å². The van der Waals surface area contributed by atoms with Gasteiger partial charge in [0.05, 0.1) is 0 Å². The van der Waals surface area contributed by atoms with Crippen molar-refractivity contribution in [3.8, 4) is 5.75 Å². The molecule has 94 valence electrons. The van der Waals surface area contributed by atoms with Crippen LogP contribution in [0, 0.1) is 0 Å². The number of amides is 1. The lowest BCUT2D eigenvalue weighted by Gasteiger charge is -2.02. The molecule has 1 amide bonds. The minimum absolute atomic E-state index is 0.0158. The minimum Gasteiger partial charge on any atom is -0.508 e. The summed E-state index contributed by atoms with van der Waals surface area (Å²) in [5.41, 5.74) is 0.469. The maximum Gasteiger partial charge on any atom is 0.295 e. The van der Waals surface area contributed by atoms with Crippen LogP contribution < -0.4 is 5.32 Å². The molecule has 0 fully saturated rings. The van der Waals surface area contributed by atoms with E-state index in [9.17, 15) is 9.90 Å². The molecule has 0 saturated carbocycles. The van der Waals surface area contributed by atoms with Crippen molar-refractivity contribution in [3.63, 3.8) is 0 Å². The van der Waals surface area contributed by atoms with E-state index in [0.717, 1.165) is 0 Å². The SMILES string of the molecule is O=C(Nc1cccc(O)c1)c1nc2ncccn2n1. The number of hydrogen-bond donors (Lipinski definition) is 2. The Morgan fingerprint density at radius 3 is 3.00 bits per heavy atom. The average Bonchev–Trinajstić information content (AvgIpc) is 2.82. The number of aromatic hydroxyl groups is 1. The van der Waals surface area contributed by atoms with Gasteiger partial charge < -0.3 is 10.4 Å². The maximum absolute atomic E-state index is 11.9. The second-order valence-electron chi connectivity index (χ2n) is 3.80. The molecular formula is C12H9N5O2. The van der Waals surface area contributed by atoms with Gasteiger partial charge in [0.25, 0.3) is 11.7 Å². The highest BCUT2D eigenvalue weighted by molar-refractivity contribution is 6.01. The lowest BCUT2D eigenvalue weighted by molar-refractivity contribution is 0.101. The Morgan fingerprint density at radius 2 is 2.21 bits per heavy atom. The number of phenolic OH excluding ortho intramolecular Hbond substituents is 1. The molecule has 0 saturated heterocycles. The third-order valence-electron chi connectivity index (χ3n) is 2.42. The normalized spacial score (nSPS) is 10.5. The molecule has 1 aromatic carbocycles. The van der Waals surface area contributed by atoms with Gasteiger partial charge >= 0.3 is 0 Å². The predicted octanol–water partition coefficient (Wildman–Crippen LogP) is 1.08. The molecule has 0 aliphatic carbocycles. The van der Waals surface area contributed by atoms with Crippen molar-refractivity contribution in [2.75, 3.05) is 5.32 Å². The molecule has 0 spiro atoms. The number of anilines is 1. The number of benzene rings is 1. The largest absolute Gasteiger partial charge is 0.508 e. The molecule has 2 N–H and O–H groups in total. The number of carbonyl (C=O) groups excluding carboxylic acids is 1. The standard InChI is InChI=1S/C12H9N5O2/c18-9-4-1-3-8(7-9)14-11(19)10-15-12-13-5-2-6-17(12)16-10/h1-7,18H,(H,14,19). The summed E-state index contributed by atoms with van der Waals surface area (Å²) in [6.45, 7) is 0. The molecule has 3 rings (SSSR count). The van der Waals surface area contributed by atoms with Crippen LogP contribution in [0.25, 0.3) is 5.78 Å². The van der Waals surface area contributed by atoms with E-state index in [0.29, 0.717) is 11.5 Å². The topological polar surface area (TPSA) is 92.4 Å². The summed E-state index contributed by atoms with van der Waals surface area (Å²) in [6.07, 6.45) is 3.22. The van der Waals surface area contributed by atoms with Gasteiger partial charge in [0.1, 0.15) is 5.75 Å². The quantitative estimate of drug-likeness (QED) is 0.714. The van der Waals surface area contributed by atoms with Gasteiger partial charge in [-0.05, 0) is 18.2 Å². The zero-order chi connectivity index (χ0) is 13.2.